The molecule has 0 bridgehead atoms. The van der Waals surface area contributed by atoms with E-state index < -0.39 is 5.97 Å². The van der Waals surface area contributed by atoms with Crippen molar-refractivity contribution in [2.45, 2.75) is 16.5 Å². The summed E-state index contributed by atoms with van der Waals surface area (Å²) in [5, 5.41) is 8.40. The molecular formula is C14H10ClN3O3S2. The Morgan fingerprint density at radius 2 is 2.04 bits per heavy atom. The lowest BCUT2D eigenvalue weighted by Gasteiger charge is -1.95. The molecule has 0 radical (unpaired) electrons. The Labute approximate surface area is 144 Å². The molecule has 0 aliphatic rings. The largest absolute Gasteiger partial charge is 0.465 e. The number of aromatic nitrogens is 3. The first-order valence-corrected chi connectivity index (χ1v) is 8.41. The van der Waals surface area contributed by atoms with Crippen LogP contribution in [-0.2, 0) is 4.74 Å². The summed E-state index contributed by atoms with van der Waals surface area (Å²) in [6, 6.07) is 7.75. The predicted octanol–water partition coefficient (Wildman–Crippen LogP) is 4.09. The van der Waals surface area contributed by atoms with E-state index >= 15 is 0 Å². The Bertz CT molecular complexity index is 845. The van der Waals surface area contributed by atoms with Crippen molar-refractivity contribution in [3.8, 4) is 11.5 Å². The Kier molecular flexibility index (Phi) is 4.65. The summed E-state index contributed by atoms with van der Waals surface area (Å²) in [6.45, 7) is 2.00. The number of nitrogens with zero attached hydrogens (tertiary/aromatic N) is 3. The summed E-state index contributed by atoms with van der Waals surface area (Å²) in [7, 11) is 1.29. The molecule has 2 aromatic heterocycles. The molecule has 0 saturated carbocycles. The van der Waals surface area contributed by atoms with Gasteiger partial charge in [-0.15, -0.1) is 10.2 Å². The van der Waals surface area contributed by atoms with E-state index in [9.17, 15) is 4.79 Å². The molecule has 0 N–H and O–H groups in total. The van der Waals surface area contributed by atoms with Crippen molar-refractivity contribution in [2.75, 3.05) is 7.11 Å². The summed E-state index contributed by atoms with van der Waals surface area (Å²) in [5.74, 6) is -0.103. The number of hydrogen-bond acceptors (Lipinski definition) is 8. The highest BCUT2D eigenvalue weighted by molar-refractivity contribution is 8.00. The van der Waals surface area contributed by atoms with Crippen molar-refractivity contribution in [3.05, 3.63) is 39.9 Å². The van der Waals surface area contributed by atoms with Crippen LogP contribution in [0.25, 0.3) is 11.5 Å². The van der Waals surface area contributed by atoms with Crippen molar-refractivity contribution >= 4 is 40.7 Å². The van der Waals surface area contributed by atoms with Crippen LogP contribution in [0, 0.1) is 6.92 Å². The SMILES string of the molecule is COC(=O)c1sc(Sc2nnc(-c3ccc(C)cc3)o2)nc1Cl. The third kappa shape index (κ3) is 3.54. The Morgan fingerprint density at radius 1 is 1.30 bits per heavy atom. The first kappa shape index (κ1) is 16.0. The highest BCUT2D eigenvalue weighted by atomic mass is 35.5. The Hall–Kier alpha value is -1.90. The lowest BCUT2D eigenvalue weighted by atomic mass is 10.1. The van der Waals surface area contributed by atoms with Gasteiger partial charge in [-0.05, 0) is 19.1 Å². The number of thiazole rings is 1. The average Bonchev–Trinajstić information content (AvgIpc) is 3.14. The molecule has 9 heteroatoms. The highest BCUT2D eigenvalue weighted by Crippen LogP contribution is 2.35. The number of hydrogen-bond donors (Lipinski definition) is 0. The van der Waals surface area contributed by atoms with Crippen LogP contribution in [0.4, 0.5) is 0 Å². The summed E-state index contributed by atoms with van der Waals surface area (Å²) in [4.78, 5) is 15.9. The molecule has 3 aromatic rings. The molecule has 3 rings (SSSR count). The Balaban J connectivity index is 1.79. The minimum atomic E-state index is -0.523. The van der Waals surface area contributed by atoms with E-state index in [1.54, 1.807) is 0 Å². The zero-order chi connectivity index (χ0) is 16.4. The summed E-state index contributed by atoms with van der Waals surface area (Å²) >= 11 is 8.17. The van der Waals surface area contributed by atoms with E-state index in [1.165, 1.54) is 7.11 Å². The van der Waals surface area contributed by atoms with Gasteiger partial charge >= 0.3 is 5.97 Å². The van der Waals surface area contributed by atoms with Crippen molar-refractivity contribution in [3.63, 3.8) is 0 Å². The van der Waals surface area contributed by atoms with Crippen LogP contribution in [0.1, 0.15) is 15.2 Å². The fourth-order valence-corrected chi connectivity index (χ4v) is 3.79. The van der Waals surface area contributed by atoms with Gasteiger partial charge in [0.05, 0.1) is 7.11 Å². The van der Waals surface area contributed by atoms with Crippen LogP contribution in [0.15, 0.2) is 38.2 Å². The summed E-state index contributed by atoms with van der Waals surface area (Å²) in [5.41, 5.74) is 1.98. The topological polar surface area (TPSA) is 78.1 Å². The molecule has 2 heterocycles. The zero-order valence-electron chi connectivity index (χ0n) is 12.1. The minimum absolute atomic E-state index is 0.0997. The molecule has 0 atom stereocenters. The normalized spacial score (nSPS) is 10.7. The van der Waals surface area contributed by atoms with Gasteiger partial charge in [-0.1, -0.05) is 40.6 Å². The number of benzene rings is 1. The number of ether oxygens (including phenoxy) is 1. The van der Waals surface area contributed by atoms with Crippen LogP contribution in [0.3, 0.4) is 0 Å². The van der Waals surface area contributed by atoms with Crippen LogP contribution >= 0.6 is 34.7 Å². The van der Waals surface area contributed by atoms with Gasteiger partial charge in [0.1, 0.15) is 0 Å². The lowest BCUT2D eigenvalue weighted by Crippen LogP contribution is -1.98. The second kappa shape index (κ2) is 6.69. The number of esters is 1. The van der Waals surface area contributed by atoms with E-state index in [1.807, 2.05) is 31.2 Å². The third-order valence-electron chi connectivity index (χ3n) is 2.82. The fourth-order valence-electron chi connectivity index (χ4n) is 1.68. The zero-order valence-corrected chi connectivity index (χ0v) is 14.5. The maximum absolute atomic E-state index is 11.5. The maximum Gasteiger partial charge on any atom is 0.351 e. The summed E-state index contributed by atoms with van der Waals surface area (Å²) < 4.78 is 10.8. The molecule has 0 spiro atoms. The molecule has 6 nitrogen and oxygen atoms in total. The first-order chi connectivity index (χ1) is 11.1. The van der Waals surface area contributed by atoms with Gasteiger partial charge in [0.25, 0.3) is 5.22 Å². The molecule has 0 aliphatic carbocycles. The number of methoxy groups -OCH3 is 1. The second-order valence-electron chi connectivity index (χ2n) is 4.43. The predicted molar refractivity (Wildman–Crippen MR) is 87.1 cm³/mol. The molecule has 0 amide bonds. The van der Waals surface area contributed by atoms with Crippen LogP contribution in [0.2, 0.25) is 5.15 Å². The fraction of sp³-hybridized carbons (Fsp3) is 0.143. The summed E-state index contributed by atoms with van der Waals surface area (Å²) in [6.07, 6.45) is 0. The monoisotopic (exact) mass is 367 g/mol. The van der Waals surface area contributed by atoms with E-state index in [0.29, 0.717) is 15.5 Å². The van der Waals surface area contributed by atoms with Gasteiger partial charge in [0, 0.05) is 17.3 Å². The number of carbonyl (C=O) groups is 1. The average molecular weight is 368 g/mol. The van der Waals surface area contributed by atoms with Crippen molar-refractivity contribution < 1.29 is 13.9 Å². The van der Waals surface area contributed by atoms with E-state index in [4.69, 9.17) is 16.0 Å². The van der Waals surface area contributed by atoms with Gasteiger partial charge in [-0.25, -0.2) is 9.78 Å². The lowest BCUT2D eigenvalue weighted by molar-refractivity contribution is 0.0606. The standard InChI is InChI=1S/C14H10ClN3O3S2/c1-7-3-5-8(6-4-7)11-17-18-13(21-11)23-14-16-10(15)9(22-14)12(19)20-2/h3-6H,1-2H3. The molecule has 1 aromatic carbocycles. The smallest absolute Gasteiger partial charge is 0.351 e. The molecule has 0 saturated heterocycles. The molecular weight excluding hydrogens is 358 g/mol. The number of aryl methyl sites for hydroxylation is 1. The van der Waals surface area contributed by atoms with E-state index in [-0.39, 0.29) is 10.0 Å². The van der Waals surface area contributed by atoms with Gasteiger partial charge in [0.2, 0.25) is 5.89 Å². The second-order valence-corrected chi connectivity index (χ2v) is 6.99. The Morgan fingerprint density at radius 3 is 2.74 bits per heavy atom. The number of halogens is 1. The first-order valence-electron chi connectivity index (χ1n) is 6.40. The van der Waals surface area contributed by atoms with Crippen molar-refractivity contribution in [2.24, 2.45) is 0 Å². The van der Waals surface area contributed by atoms with Gasteiger partial charge in [-0.3, -0.25) is 0 Å². The van der Waals surface area contributed by atoms with Crippen LogP contribution in [0.5, 0.6) is 0 Å². The van der Waals surface area contributed by atoms with Gasteiger partial charge in [0.15, 0.2) is 14.4 Å². The van der Waals surface area contributed by atoms with Gasteiger partial charge < -0.3 is 9.15 Å². The van der Waals surface area contributed by atoms with Gasteiger partial charge in [-0.2, -0.15) is 0 Å². The molecule has 118 valence electrons. The molecule has 0 unspecified atom stereocenters. The number of carbonyl (C=O) groups excluding carboxylic acids is 1. The maximum atomic E-state index is 11.5. The number of rotatable bonds is 4. The minimum Gasteiger partial charge on any atom is -0.465 e. The van der Waals surface area contributed by atoms with E-state index in [2.05, 4.69) is 19.9 Å². The van der Waals surface area contributed by atoms with E-state index in [0.717, 1.165) is 34.2 Å². The molecule has 23 heavy (non-hydrogen) atoms. The molecule has 0 fully saturated rings. The van der Waals surface area contributed by atoms with Crippen LogP contribution in [-0.4, -0.2) is 28.3 Å². The molecule has 0 aliphatic heterocycles. The third-order valence-corrected chi connectivity index (χ3v) is 5.14. The van der Waals surface area contributed by atoms with Crippen molar-refractivity contribution in [1.29, 1.82) is 0 Å². The van der Waals surface area contributed by atoms with Crippen LogP contribution < -0.4 is 0 Å². The quantitative estimate of drug-likeness (QED) is 0.642. The highest BCUT2D eigenvalue weighted by Gasteiger charge is 2.19. The van der Waals surface area contributed by atoms with Crippen molar-refractivity contribution in [1.82, 2.24) is 15.2 Å².